The number of carboxylic acids is 1. The third-order valence-electron chi connectivity index (χ3n) is 2.09. The second-order valence-corrected chi connectivity index (χ2v) is 3.89. The van der Waals surface area contributed by atoms with Crippen LogP contribution in [0.3, 0.4) is 0 Å². The van der Waals surface area contributed by atoms with E-state index in [1.807, 2.05) is 11.4 Å². The fraction of sp³-hybridized carbons (Fsp3) is 0.200. The van der Waals surface area contributed by atoms with E-state index >= 15 is 0 Å². The summed E-state index contributed by atoms with van der Waals surface area (Å²) in [6.07, 6.45) is 5.35. The molecule has 0 saturated heterocycles. The maximum atomic E-state index is 10.4. The Balaban J connectivity index is 2.08. The molecule has 6 heteroatoms. The van der Waals surface area contributed by atoms with E-state index in [0.29, 0.717) is 6.54 Å². The van der Waals surface area contributed by atoms with Gasteiger partial charge in [0.15, 0.2) is 12.7 Å². The Morgan fingerprint density at radius 1 is 1.44 bits per heavy atom. The van der Waals surface area contributed by atoms with Crippen LogP contribution in [-0.2, 0) is 11.3 Å². The molecule has 0 atom stereocenters. The number of carbonyl (C=O) groups is 1. The molecule has 0 saturated carbocycles. The number of rotatable bonds is 4. The van der Waals surface area contributed by atoms with Gasteiger partial charge in [0.1, 0.15) is 12.6 Å². The molecule has 0 fully saturated rings. The summed E-state index contributed by atoms with van der Waals surface area (Å²) in [4.78, 5) is 10.4. The molecule has 2 heterocycles. The summed E-state index contributed by atoms with van der Waals surface area (Å²) in [7, 11) is 0. The number of hydrogen-bond acceptors (Lipinski definition) is 4. The monoisotopic (exact) mass is 236 g/mol. The topological polar surface area (TPSA) is 67.0 Å². The quantitative estimate of drug-likeness (QED) is 0.803. The molecule has 2 rings (SSSR count). The zero-order valence-corrected chi connectivity index (χ0v) is 9.22. The van der Waals surface area contributed by atoms with E-state index in [-0.39, 0.29) is 6.42 Å². The van der Waals surface area contributed by atoms with Crippen LogP contribution < -0.4 is 4.68 Å². The molecule has 0 aliphatic rings. The molecule has 0 aromatic carbocycles. The van der Waals surface area contributed by atoms with Crippen molar-refractivity contribution in [1.29, 1.82) is 0 Å². The van der Waals surface area contributed by atoms with Gasteiger partial charge < -0.3 is 5.11 Å². The molecule has 82 valence electrons. The van der Waals surface area contributed by atoms with Crippen molar-refractivity contribution in [2.45, 2.75) is 13.0 Å². The van der Waals surface area contributed by atoms with Crippen LogP contribution in [-0.4, -0.2) is 20.5 Å². The van der Waals surface area contributed by atoms with E-state index in [0.717, 1.165) is 11.1 Å². The number of aromatic nitrogens is 3. The zero-order chi connectivity index (χ0) is 11.4. The van der Waals surface area contributed by atoms with E-state index < -0.39 is 5.97 Å². The summed E-state index contributed by atoms with van der Waals surface area (Å²) in [5.74, 6) is -0.819. The number of aryl methyl sites for hydroxylation is 1. The van der Waals surface area contributed by atoms with Gasteiger partial charge in [-0.25, -0.2) is 4.37 Å². The first-order valence-electron chi connectivity index (χ1n) is 4.73. The van der Waals surface area contributed by atoms with Gasteiger partial charge >= 0.3 is 5.97 Å². The zero-order valence-electron chi connectivity index (χ0n) is 8.41. The molecule has 1 N–H and O–H groups in total. The average Bonchev–Trinajstić information content (AvgIpc) is 2.80. The van der Waals surface area contributed by atoms with Gasteiger partial charge in [0, 0.05) is 28.8 Å². The molecule has 0 amide bonds. The lowest BCUT2D eigenvalue weighted by molar-refractivity contribution is -0.752. The minimum atomic E-state index is -0.819. The van der Waals surface area contributed by atoms with Crippen LogP contribution in [0.2, 0.25) is 0 Å². The Hall–Kier alpha value is -1.82. The molecular formula is C10H10N3O2S+. The summed E-state index contributed by atoms with van der Waals surface area (Å²) >= 11 is 1.39. The SMILES string of the molecule is O=C(O)CC[n+]1ccc(-c2cnsc2)cn1. The molecule has 0 radical (unpaired) electrons. The lowest BCUT2D eigenvalue weighted by Gasteiger charge is -1.94. The molecule has 0 aliphatic heterocycles. The number of carboxylic acid groups (broad SMARTS) is 1. The van der Waals surface area contributed by atoms with Crippen LogP contribution in [0, 0.1) is 0 Å². The normalized spacial score (nSPS) is 10.2. The standard InChI is InChI=1S/C10H9N3O2S/c14-10(15)2-4-13-3-1-8(5-11-13)9-6-12-16-7-9/h1,3,5-7H,2,4H2/p+1. The van der Waals surface area contributed by atoms with Crippen molar-refractivity contribution in [2.24, 2.45) is 0 Å². The van der Waals surface area contributed by atoms with Crippen LogP contribution in [0.1, 0.15) is 6.42 Å². The average molecular weight is 236 g/mol. The van der Waals surface area contributed by atoms with Gasteiger partial charge in [-0.2, -0.15) is 0 Å². The van der Waals surface area contributed by atoms with E-state index in [1.165, 1.54) is 11.5 Å². The van der Waals surface area contributed by atoms with E-state index in [4.69, 9.17) is 5.11 Å². The fourth-order valence-electron chi connectivity index (χ4n) is 1.24. The summed E-state index contributed by atoms with van der Waals surface area (Å²) in [6.45, 7) is 0.386. The smallest absolute Gasteiger partial charge is 0.309 e. The highest BCUT2D eigenvalue weighted by atomic mass is 32.1. The fourth-order valence-corrected chi connectivity index (χ4v) is 1.79. The van der Waals surface area contributed by atoms with Crippen molar-refractivity contribution in [3.05, 3.63) is 30.0 Å². The van der Waals surface area contributed by atoms with E-state index in [2.05, 4.69) is 9.47 Å². The predicted octanol–water partition coefficient (Wildman–Crippen LogP) is 0.967. The Morgan fingerprint density at radius 3 is 2.88 bits per heavy atom. The van der Waals surface area contributed by atoms with Crippen LogP contribution in [0.4, 0.5) is 0 Å². The predicted molar refractivity (Wildman–Crippen MR) is 57.8 cm³/mol. The molecule has 2 aromatic rings. The van der Waals surface area contributed by atoms with Crippen LogP contribution in [0.15, 0.2) is 30.0 Å². The highest BCUT2D eigenvalue weighted by molar-refractivity contribution is 7.03. The maximum absolute atomic E-state index is 10.4. The molecule has 0 unspecified atom stereocenters. The highest BCUT2D eigenvalue weighted by Crippen LogP contribution is 2.17. The van der Waals surface area contributed by atoms with E-state index in [9.17, 15) is 4.79 Å². The highest BCUT2D eigenvalue weighted by Gasteiger charge is 2.07. The van der Waals surface area contributed by atoms with E-state index in [1.54, 1.807) is 23.3 Å². The third-order valence-corrected chi connectivity index (χ3v) is 2.68. The van der Waals surface area contributed by atoms with Gasteiger partial charge in [-0.15, -0.1) is 0 Å². The minimum Gasteiger partial charge on any atom is -0.481 e. The van der Waals surface area contributed by atoms with Gasteiger partial charge in [-0.3, -0.25) is 4.79 Å². The lowest BCUT2D eigenvalue weighted by atomic mass is 10.2. The van der Waals surface area contributed by atoms with Crippen LogP contribution in [0.25, 0.3) is 11.1 Å². The van der Waals surface area contributed by atoms with Gasteiger partial charge in [0.05, 0.1) is 0 Å². The third kappa shape index (κ3) is 2.60. The van der Waals surface area contributed by atoms with Crippen molar-refractivity contribution in [2.75, 3.05) is 0 Å². The van der Waals surface area contributed by atoms with Crippen molar-refractivity contribution < 1.29 is 14.6 Å². The maximum Gasteiger partial charge on any atom is 0.309 e. The Labute approximate surface area is 96.2 Å². The molecule has 0 spiro atoms. The minimum absolute atomic E-state index is 0.0804. The number of aliphatic carboxylic acids is 1. The second kappa shape index (κ2) is 4.80. The Kier molecular flexibility index (Phi) is 3.21. The largest absolute Gasteiger partial charge is 0.481 e. The molecule has 0 aliphatic carbocycles. The van der Waals surface area contributed by atoms with Gasteiger partial charge in [0.25, 0.3) is 0 Å². The molecule has 0 bridgehead atoms. The molecular weight excluding hydrogens is 226 g/mol. The van der Waals surface area contributed by atoms with Crippen molar-refractivity contribution in [3.8, 4) is 11.1 Å². The number of nitrogens with zero attached hydrogens (tertiary/aromatic N) is 3. The molecule has 5 nitrogen and oxygen atoms in total. The number of hydrogen-bond donors (Lipinski definition) is 1. The second-order valence-electron chi connectivity index (χ2n) is 3.24. The first-order chi connectivity index (χ1) is 7.75. The first kappa shape index (κ1) is 10.7. The Morgan fingerprint density at radius 2 is 2.31 bits per heavy atom. The van der Waals surface area contributed by atoms with Crippen molar-refractivity contribution in [3.63, 3.8) is 0 Å². The summed E-state index contributed by atoms with van der Waals surface area (Å²) in [5, 5.41) is 14.6. The van der Waals surface area contributed by atoms with Gasteiger partial charge in [0.2, 0.25) is 0 Å². The van der Waals surface area contributed by atoms with Crippen molar-refractivity contribution in [1.82, 2.24) is 9.47 Å². The summed E-state index contributed by atoms with van der Waals surface area (Å²) in [6, 6.07) is 1.90. The van der Waals surface area contributed by atoms with Crippen LogP contribution in [0.5, 0.6) is 0 Å². The first-order valence-corrected chi connectivity index (χ1v) is 5.56. The molecule has 2 aromatic heterocycles. The Bertz CT molecular complexity index is 467. The van der Waals surface area contributed by atoms with Crippen molar-refractivity contribution >= 4 is 17.5 Å². The lowest BCUT2D eigenvalue weighted by Crippen LogP contribution is -2.38. The summed E-state index contributed by atoms with van der Waals surface area (Å²) < 4.78 is 5.62. The van der Waals surface area contributed by atoms with Gasteiger partial charge in [-0.05, 0) is 16.6 Å². The summed E-state index contributed by atoms with van der Waals surface area (Å²) in [5.41, 5.74) is 2.02. The van der Waals surface area contributed by atoms with Crippen LogP contribution >= 0.6 is 11.5 Å². The molecule has 16 heavy (non-hydrogen) atoms. The van der Waals surface area contributed by atoms with Gasteiger partial charge in [-0.1, -0.05) is 4.68 Å².